The monoisotopic (exact) mass is 321 g/mol. The number of alkyl halides is 3. The Labute approximate surface area is 122 Å². The molecule has 1 heterocycles. The Morgan fingerprint density at radius 3 is 2.77 bits per heavy atom. The molecule has 4 nitrogen and oxygen atoms in total. The van der Waals surface area contributed by atoms with E-state index in [2.05, 4.69) is 20.0 Å². The second-order valence-corrected chi connectivity index (χ2v) is 4.55. The zero-order valence-corrected chi connectivity index (χ0v) is 11.2. The molecule has 0 amide bonds. The number of anilines is 1. The van der Waals surface area contributed by atoms with Crippen LogP contribution in [0.4, 0.5) is 27.8 Å². The van der Waals surface area contributed by atoms with Gasteiger partial charge >= 0.3 is 12.2 Å². The van der Waals surface area contributed by atoms with E-state index >= 15 is 0 Å². The van der Waals surface area contributed by atoms with Gasteiger partial charge in [0.1, 0.15) is 5.83 Å². The van der Waals surface area contributed by atoms with Crippen LogP contribution in [-0.2, 0) is 0 Å². The summed E-state index contributed by atoms with van der Waals surface area (Å²) in [5.74, 6) is -2.05. The minimum Gasteiger partial charge on any atom is -0.454 e. The third-order valence-electron chi connectivity index (χ3n) is 2.80. The number of nitrogens with one attached hydrogen (secondary N) is 1. The molecule has 1 atom stereocenters. The Kier molecular flexibility index (Phi) is 4.94. The normalized spacial score (nSPS) is 18.0. The highest BCUT2D eigenvalue weighted by atomic mass is 19.4. The van der Waals surface area contributed by atoms with Crippen LogP contribution in [0.3, 0.4) is 0 Å². The molecule has 1 aromatic heterocycles. The summed E-state index contributed by atoms with van der Waals surface area (Å²) in [5, 5.41) is 2.55. The second-order valence-electron chi connectivity index (χ2n) is 4.55. The lowest BCUT2D eigenvalue weighted by atomic mass is 9.99. The summed E-state index contributed by atoms with van der Waals surface area (Å²) in [5.41, 5.74) is 0. The maximum atomic E-state index is 13.5. The molecule has 0 saturated carbocycles. The number of allylic oxidation sites excluding steroid dienone is 3. The number of rotatable bonds is 5. The highest BCUT2D eigenvalue weighted by molar-refractivity contribution is 5.36. The van der Waals surface area contributed by atoms with Gasteiger partial charge in [-0.3, -0.25) is 0 Å². The molecule has 9 heteroatoms. The van der Waals surface area contributed by atoms with Crippen LogP contribution in [0.25, 0.3) is 0 Å². The molecule has 120 valence electrons. The Hall–Kier alpha value is -2.19. The topological polar surface area (TPSA) is 47.0 Å². The molecule has 0 aromatic carbocycles. The third kappa shape index (κ3) is 4.68. The predicted molar refractivity (Wildman–Crippen MR) is 68.5 cm³/mol. The number of halogens is 5. The maximum Gasteiger partial charge on any atom is 0.422 e. The molecule has 0 radical (unpaired) electrons. The van der Waals surface area contributed by atoms with E-state index in [0.29, 0.717) is 12.6 Å². The van der Waals surface area contributed by atoms with Crippen LogP contribution >= 0.6 is 0 Å². The molecule has 2 rings (SSSR count). The van der Waals surface area contributed by atoms with Gasteiger partial charge in [-0.05, 0) is 12.5 Å². The molecule has 1 aliphatic rings. The van der Waals surface area contributed by atoms with Crippen molar-refractivity contribution in [2.75, 3.05) is 18.5 Å². The molecule has 0 saturated heterocycles. The van der Waals surface area contributed by atoms with Gasteiger partial charge < -0.3 is 10.1 Å². The smallest absolute Gasteiger partial charge is 0.422 e. The van der Waals surface area contributed by atoms with Crippen molar-refractivity contribution >= 4 is 5.82 Å². The summed E-state index contributed by atoms with van der Waals surface area (Å²) in [7, 11) is 0. The van der Waals surface area contributed by atoms with Crippen molar-refractivity contribution < 1.29 is 26.7 Å². The molecule has 0 aliphatic heterocycles. The van der Waals surface area contributed by atoms with Crippen molar-refractivity contribution in [2.45, 2.75) is 12.6 Å². The molecule has 1 aromatic rings. The first-order valence-electron chi connectivity index (χ1n) is 6.33. The first-order chi connectivity index (χ1) is 10.3. The number of hydrogen-bond donors (Lipinski definition) is 1. The van der Waals surface area contributed by atoms with Crippen molar-refractivity contribution in [3.8, 4) is 6.01 Å². The standard InChI is InChI=1S/C13H12F5N3O/c14-9-4-2-1-3-8(9)5-19-11-10(15)6-20-12(21-11)22-7-13(16,17)18/h1-2,4,6,8H,3,5,7H2,(H,19,20,21). The van der Waals surface area contributed by atoms with Gasteiger partial charge in [0.15, 0.2) is 18.2 Å². The minimum atomic E-state index is -4.55. The van der Waals surface area contributed by atoms with E-state index in [4.69, 9.17) is 0 Å². The van der Waals surface area contributed by atoms with E-state index in [-0.39, 0.29) is 18.2 Å². The van der Waals surface area contributed by atoms with E-state index in [1.165, 1.54) is 6.08 Å². The summed E-state index contributed by atoms with van der Waals surface area (Å²) >= 11 is 0. The maximum absolute atomic E-state index is 13.5. The molecule has 0 bridgehead atoms. The van der Waals surface area contributed by atoms with E-state index in [0.717, 1.165) is 0 Å². The second kappa shape index (κ2) is 6.71. The van der Waals surface area contributed by atoms with Crippen LogP contribution in [0.5, 0.6) is 6.01 Å². The molecule has 1 aliphatic carbocycles. The largest absolute Gasteiger partial charge is 0.454 e. The summed E-state index contributed by atoms with van der Waals surface area (Å²) in [6.45, 7) is -1.54. The fourth-order valence-electron chi connectivity index (χ4n) is 1.74. The minimum absolute atomic E-state index is 0.0410. The molecule has 0 fully saturated rings. The lowest BCUT2D eigenvalue weighted by molar-refractivity contribution is -0.154. The van der Waals surface area contributed by atoms with Crippen LogP contribution in [0.1, 0.15) is 6.42 Å². The molecule has 1 unspecified atom stereocenters. The van der Waals surface area contributed by atoms with Crippen LogP contribution in [-0.4, -0.2) is 29.3 Å². The number of ether oxygens (including phenoxy) is 1. The van der Waals surface area contributed by atoms with Crippen LogP contribution in [0, 0.1) is 11.7 Å². The van der Waals surface area contributed by atoms with E-state index in [1.807, 2.05) is 0 Å². The van der Waals surface area contributed by atoms with Gasteiger partial charge in [0.25, 0.3) is 0 Å². The van der Waals surface area contributed by atoms with Crippen LogP contribution < -0.4 is 10.1 Å². The van der Waals surface area contributed by atoms with Gasteiger partial charge in [-0.25, -0.2) is 13.8 Å². The summed E-state index contributed by atoms with van der Waals surface area (Å²) in [4.78, 5) is 6.81. The van der Waals surface area contributed by atoms with Crippen molar-refractivity contribution in [1.82, 2.24) is 9.97 Å². The average molecular weight is 321 g/mol. The Balaban J connectivity index is 1.98. The van der Waals surface area contributed by atoms with Gasteiger partial charge in [-0.15, -0.1) is 0 Å². The van der Waals surface area contributed by atoms with E-state index in [1.54, 1.807) is 12.2 Å². The van der Waals surface area contributed by atoms with Gasteiger partial charge in [-0.1, -0.05) is 12.2 Å². The highest BCUT2D eigenvalue weighted by Crippen LogP contribution is 2.23. The van der Waals surface area contributed by atoms with Crippen molar-refractivity contribution in [3.05, 3.63) is 36.1 Å². The predicted octanol–water partition coefficient (Wildman–Crippen LogP) is 3.40. The highest BCUT2D eigenvalue weighted by Gasteiger charge is 2.29. The number of aromatic nitrogens is 2. The van der Waals surface area contributed by atoms with Gasteiger partial charge in [-0.2, -0.15) is 18.2 Å². The van der Waals surface area contributed by atoms with Crippen LogP contribution in [0.2, 0.25) is 0 Å². The molecule has 0 spiro atoms. The van der Waals surface area contributed by atoms with Crippen molar-refractivity contribution in [1.29, 1.82) is 0 Å². The van der Waals surface area contributed by atoms with Crippen molar-refractivity contribution in [3.63, 3.8) is 0 Å². The van der Waals surface area contributed by atoms with Crippen molar-refractivity contribution in [2.24, 2.45) is 5.92 Å². The summed E-state index contributed by atoms with van der Waals surface area (Å²) in [6.07, 6.45) is 1.19. The van der Waals surface area contributed by atoms with Crippen LogP contribution in [0.15, 0.2) is 30.3 Å². The molecular formula is C13H12F5N3O. The lowest BCUT2D eigenvalue weighted by Crippen LogP contribution is -2.21. The van der Waals surface area contributed by atoms with Gasteiger partial charge in [0.2, 0.25) is 0 Å². The summed E-state index contributed by atoms with van der Waals surface area (Å²) in [6, 6.07) is -0.610. The summed E-state index contributed by atoms with van der Waals surface area (Å²) < 4.78 is 67.4. The fraction of sp³-hybridized carbons (Fsp3) is 0.385. The molecule has 1 N–H and O–H groups in total. The molecular weight excluding hydrogens is 309 g/mol. The Bertz CT molecular complexity index is 586. The quantitative estimate of drug-likeness (QED) is 0.845. The lowest BCUT2D eigenvalue weighted by Gasteiger charge is -2.17. The van der Waals surface area contributed by atoms with Gasteiger partial charge in [0.05, 0.1) is 6.20 Å². The Morgan fingerprint density at radius 1 is 1.32 bits per heavy atom. The fourth-order valence-corrected chi connectivity index (χ4v) is 1.74. The first kappa shape index (κ1) is 16.2. The Morgan fingerprint density at radius 2 is 2.09 bits per heavy atom. The zero-order valence-electron chi connectivity index (χ0n) is 11.2. The third-order valence-corrected chi connectivity index (χ3v) is 2.80. The number of nitrogens with zero attached hydrogens (tertiary/aromatic N) is 2. The first-order valence-corrected chi connectivity index (χ1v) is 6.33. The average Bonchev–Trinajstić information content (AvgIpc) is 2.45. The number of hydrogen-bond acceptors (Lipinski definition) is 4. The SMILES string of the molecule is FC1=CC=CCC1CNc1nc(OCC(F)(F)F)ncc1F. The zero-order chi connectivity index (χ0) is 16.2. The van der Waals surface area contributed by atoms with E-state index in [9.17, 15) is 22.0 Å². The molecule has 22 heavy (non-hydrogen) atoms. The van der Waals surface area contributed by atoms with E-state index < -0.39 is 30.5 Å². The van der Waals surface area contributed by atoms with Gasteiger partial charge in [0, 0.05) is 12.5 Å².